The fourth-order valence-corrected chi connectivity index (χ4v) is 3.44. The third-order valence-corrected chi connectivity index (χ3v) is 5.11. The number of halogens is 4. The molecule has 2 amide bonds. The second-order valence-corrected chi connectivity index (χ2v) is 7.44. The Labute approximate surface area is 194 Å². The smallest absolute Gasteiger partial charge is 0.308 e. The molecule has 0 saturated carbocycles. The Balaban J connectivity index is 1.52. The highest BCUT2D eigenvalue weighted by atomic mass is 35.5. The van der Waals surface area contributed by atoms with Gasteiger partial charge in [0, 0.05) is 34.5 Å². The van der Waals surface area contributed by atoms with Crippen LogP contribution in [-0.2, 0) is 6.18 Å². The van der Waals surface area contributed by atoms with Gasteiger partial charge < -0.3 is 10.6 Å². The molecule has 2 N–H and O–H groups in total. The minimum atomic E-state index is -4.66. The second kappa shape index (κ2) is 8.94. The summed E-state index contributed by atoms with van der Waals surface area (Å²) in [6.45, 7) is 0. The number of hydrogen-bond acceptors (Lipinski definition) is 5. The van der Waals surface area contributed by atoms with E-state index in [4.69, 9.17) is 11.6 Å². The lowest BCUT2D eigenvalue weighted by molar-refractivity contribution is -0.384. The van der Waals surface area contributed by atoms with E-state index in [0.29, 0.717) is 27.8 Å². The molecule has 172 valence electrons. The van der Waals surface area contributed by atoms with Gasteiger partial charge in [-0.15, -0.1) is 0 Å². The third kappa shape index (κ3) is 4.89. The third-order valence-electron chi connectivity index (χ3n) is 4.78. The summed E-state index contributed by atoms with van der Waals surface area (Å²) < 4.78 is 39.0. The molecule has 0 saturated heterocycles. The van der Waals surface area contributed by atoms with Gasteiger partial charge in [0.25, 0.3) is 5.69 Å². The summed E-state index contributed by atoms with van der Waals surface area (Å²) in [6.07, 6.45) is -3.32. The van der Waals surface area contributed by atoms with E-state index in [2.05, 4.69) is 20.6 Å². The first kappa shape index (κ1) is 22.9. The van der Waals surface area contributed by atoms with E-state index < -0.39 is 27.7 Å². The van der Waals surface area contributed by atoms with E-state index >= 15 is 0 Å². The Bertz CT molecular complexity index is 1410. The molecule has 3 aromatic carbocycles. The molecular weight excluding hydrogens is 475 g/mol. The number of benzene rings is 3. The van der Waals surface area contributed by atoms with Crippen LogP contribution in [0.15, 0.2) is 67.0 Å². The highest BCUT2D eigenvalue weighted by molar-refractivity contribution is 6.31. The topological polar surface area (TPSA) is 110 Å². The van der Waals surface area contributed by atoms with Crippen LogP contribution in [0.5, 0.6) is 0 Å². The summed E-state index contributed by atoms with van der Waals surface area (Å²) in [5, 5.41) is 16.0. The predicted molar refractivity (Wildman–Crippen MR) is 121 cm³/mol. The van der Waals surface area contributed by atoms with E-state index in [-0.39, 0.29) is 11.4 Å². The monoisotopic (exact) mass is 487 g/mol. The SMILES string of the molecule is O=C(Nc1ccc(-c2ncnc3ccc([N+](=O)[O-])cc23)cc1)Nc1ccc(Cl)c(C(F)(F)F)c1. The van der Waals surface area contributed by atoms with E-state index in [1.807, 2.05) is 0 Å². The quantitative estimate of drug-likeness (QED) is 0.251. The number of alkyl halides is 3. The lowest BCUT2D eigenvalue weighted by Gasteiger charge is -2.12. The predicted octanol–water partition coefficient (Wildman–Crippen LogP) is 6.52. The minimum Gasteiger partial charge on any atom is -0.308 e. The van der Waals surface area contributed by atoms with Crippen molar-refractivity contribution in [3.05, 3.63) is 87.7 Å². The lowest BCUT2D eigenvalue weighted by Crippen LogP contribution is -2.19. The van der Waals surface area contributed by atoms with Crippen LogP contribution >= 0.6 is 11.6 Å². The number of fused-ring (bicyclic) bond motifs is 1. The van der Waals surface area contributed by atoms with Crippen molar-refractivity contribution < 1.29 is 22.9 Å². The van der Waals surface area contributed by atoms with Crippen LogP contribution in [0.4, 0.5) is 35.0 Å². The highest BCUT2D eigenvalue weighted by Gasteiger charge is 2.33. The number of rotatable bonds is 4. The summed E-state index contributed by atoms with van der Waals surface area (Å²) in [7, 11) is 0. The summed E-state index contributed by atoms with van der Waals surface area (Å²) >= 11 is 5.58. The molecule has 0 spiro atoms. The summed E-state index contributed by atoms with van der Waals surface area (Å²) in [5.74, 6) is 0. The summed E-state index contributed by atoms with van der Waals surface area (Å²) in [4.78, 5) is 31.2. The molecule has 4 rings (SSSR count). The maximum Gasteiger partial charge on any atom is 0.417 e. The number of aromatic nitrogens is 2. The molecule has 34 heavy (non-hydrogen) atoms. The van der Waals surface area contributed by atoms with Gasteiger partial charge in [0.1, 0.15) is 6.33 Å². The summed E-state index contributed by atoms with van der Waals surface area (Å²) in [6, 6.07) is 12.9. The van der Waals surface area contributed by atoms with Gasteiger partial charge in [-0.25, -0.2) is 14.8 Å². The van der Waals surface area contributed by atoms with E-state index in [0.717, 1.165) is 12.1 Å². The second-order valence-electron chi connectivity index (χ2n) is 7.03. The van der Waals surface area contributed by atoms with Crippen LogP contribution < -0.4 is 10.6 Å². The molecule has 0 bridgehead atoms. The average Bonchev–Trinajstić information content (AvgIpc) is 2.79. The number of amides is 2. The van der Waals surface area contributed by atoms with Gasteiger partial charge in [-0.1, -0.05) is 23.7 Å². The number of nitro groups is 1. The first-order valence-electron chi connectivity index (χ1n) is 9.56. The Kier molecular flexibility index (Phi) is 6.03. The Morgan fingerprint density at radius 3 is 2.29 bits per heavy atom. The van der Waals surface area contributed by atoms with Gasteiger partial charge in [0.15, 0.2) is 0 Å². The van der Waals surface area contributed by atoms with Crippen molar-refractivity contribution in [2.24, 2.45) is 0 Å². The van der Waals surface area contributed by atoms with Crippen molar-refractivity contribution in [3.63, 3.8) is 0 Å². The number of carbonyl (C=O) groups excluding carboxylic acids is 1. The van der Waals surface area contributed by atoms with Crippen LogP contribution in [0.3, 0.4) is 0 Å². The number of hydrogen-bond donors (Lipinski definition) is 2. The Morgan fingerprint density at radius 1 is 0.941 bits per heavy atom. The average molecular weight is 488 g/mol. The normalized spacial score (nSPS) is 11.3. The number of carbonyl (C=O) groups is 1. The van der Waals surface area contributed by atoms with Crippen LogP contribution in [0.1, 0.15) is 5.56 Å². The molecule has 0 aliphatic carbocycles. The maximum atomic E-state index is 13.0. The standard InChI is InChI=1S/C22H13ClF3N5O3/c23-18-7-5-14(9-17(18)22(24,25)26)30-21(32)29-13-3-1-12(2-4-13)20-16-10-15(31(33)34)6-8-19(16)27-11-28-20/h1-11H,(H2,29,30,32). The molecule has 0 atom stereocenters. The molecule has 0 fully saturated rings. The van der Waals surface area contributed by atoms with Crippen molar-refractivity contribution in [3.8, 4) is 11.3 Å². The van der Waals surface area contributed by atoms with Crippen LogP contribution in [0, 0.1) is 10.1 Å². The van der Waals surface area contributed by atoms with Gasteiger partial charge >= 0.3 is 12.2 Å². The molecule has 1 aromatic heterocycles. The Hall–Kier alpha value is -4.25. The highest BCUT2D eigenvalue weighted by Crippen LogP contribution is 2.36. The first-order chi connectivity index (χ1) is 16.1. The molecule has 0 radical (unpaired) electrons. The first-order valence-corrected chi connectivity index (χ1v) is 9.94. The lowest BCUT2D eigenvalue weighted by atomic mass is 10.1. The number of anilines is 2. The molecule has 4 aromatic rings. The zero-order valence-corrected chi connectivity index (χ0v) is 17.7. The zero-order valence-electron chi connectivity index (χ0n) is 16.9. The zero-order chi connectivity index (χ0) is 24.5. The van der Waals surface area contributed by atoms with E-state index in [1.54, 1.807) is 24.3 Å². The number of nitrogens with zero attached hydrogens (tertiary/aromatic N) is 3. The minimum absolute atomic E-state index is 0.0834. The number of non-ortho nitro benzene ring substituents is 1. The molecule has 8 nitrogen and oxygen atoms in total. The van der Waals surface area contributed by atoms with Crippen LogP contribution in [0.25, 0.3) is 22.2 Å². The van der Waals surface area contributed by atoms with Crippen molar-refractivity contribution in [2.45, 2.75) is 6.18 Å². The van der Waals surface area contributed by atoms with Crippen molar-refractivity contribution >= 4 is 45.6 Å². The van der Waals surface area contributed by atoms with Gasteiger partial charge in [0.2, 0.25) is 0 Å². The van der Waals surface area contributed by atoms with Crippen LogP contribution in [-0.4, -0.2) is 20.9 Å². The van der Waals surface area contributed by atoms with E-state index in [1.165, 1.54) is 30.6 Å². The Morgan fingerprint density at radius 2 is 1.62 bits per heavy atom. The largest absolute Gasteiger partial charge is 0.417 e. The number of nitrogens with one attached hydrogen (secondary N) is 2. The molecule has 1 heterocycles. The molecule has 12 heteroatoms. The molecule has 0 unspecified atom stereocenters. The fraction of sp³-hybridized carbons (Fsp3) is 0.0455. The van der Waals surface area contributed by atoms with Gasteiger partial charge in [0.05, 0.1) is 26.7 Å². The number of urea groups is 1. The van der Waals surface area contributed by atoms with Crippen molar-refractivity contribution in [2.75, 3.05) is 10.6 Å². The summed E-state index contributed by atoms with van der Waals surface area (Å²) in [5.41, 5.74) is 0.716. The fourth-order valence-electron chi connectivity index (χ4n) is 3.21. The van der Waals surface area contributed by atoms with Gasteiger partial charge in [-0.2, -0.15) is 13.2 Å². The van der Waals surface area contributed by atoms with E-state index in [9.17, 15) is 28.1 Å². The van der Waals surface area contributed by atoms with Gasteiger partial charge in [-0.3, -0.25) is 10.1 Å². The molecule has 0 aliphatic heterocycles. The number of nitro benzene ring substituents is 1. The van der Waals surface area contributed by atoms with Crippen LogP contribution in [0.2, 0.25) is 5.02 Å². The van der Waals surface area contributed by atoms with Crippen molar-refractivity contribution in [1.29, 1.82) is 0 Å². The molecular formula is C22H13ClF3N5O3. The van der Waals surface area contributed by atoms with Gasteiger partial charge in [-0.05, 0) is 36.4 Å². The maximum absolute atomic E-state index is 13.0. The van der Waals surface area contributed by atoms with Crippen molar-refractivity contribution in [1.82, 2.24) is 9.97 Å². The molecule has 0 aliphatic rings.